The van der Waals surface area contributed by atoms with E-state index < -0.39 is 48.6 Å². The van der Waals surface area contributed by atoms with E-state index in [1.807, 2.05) is 38.1 Å². The van der Waals surface area contributed by atoms with E-state index >= 15 is 16.8 Å². The molecule has 5 aliphatic rings. The average Bonchev–Trinajstić information content (AvgIpc) is 3.38. The van der Waals surface area contributed by atoms with Crippen LogP contribution in [0.4, 0.5) is 0 Å². The van der Waals surface area contributed by atoms with E-state index in [9.17, 15) is 0 Å². The number of benzene rings is 2. The molecule has 0 bridgehead atoms. The Bertz CT molecular complexity index is 2290. The molecule has 0 amide bonds. The minimum Gasteiger partial charge on any atom is -0.318 e. The monoisotopic (exact) mass is 1130 g/mol. The van der Waals surface area contributed by atoms with E-state index in [0.717, 1.165) is 88.2 Å². The summed E-state index contributed by atoms with van der Waals surface area (Å²) < 4.78 is 97.5. The number of hydrogen-bond acceptors (Lipinski definition) is 8. The van der Waals surface area contributed by atoms with E-state index in [-0.39, 0.29) is 64.4 Å². The molecule has 0 aromatic heterocycles. The second kappa shape index (κ2) is 26.9. The molecule has 5 aliphatic carbocycles. The van der Waals surface area contributed by atoms with Gasteiger partial charge in [-0.3, -0.25) is 0 Å². The zero-order chi connectivity index (χ0) is 55.4. The van der Waals surface area contributed by atoms with Crippen molar-refractivity contribution in [1.29, 1.82) is 0 Å². The van der Waals surface area contributed by atoms with Crippen LogP contribution >= 0.6 is 17.1 Å². The van der Waals surface area contributed by atoms with Crippen molar-refractivity contribution in [2.24, 2.45) is 76.4 Å². The highest BCUT2D eigenvalue weighted by molar-refractivity contribution is 7.94. The predicted octanol–water partition coefficient (Wildman–Crippen LogP) is 17.3. The summed E-state index contributed by atoms with van der Waals surface area (Å²) in [6.07, 6.45) is 13.8. The Kier molecular flexibility index (Phi) is 22.1. The molecule has 0 N–H and O–H groups in total. The maximum absolute atomic E-state index is 16.0. The molecule has 5 saturated carbocycles. The molecular formula is C62H104N2O8P2S2. The van der Waals surface area contributed by atoms with Gasteiger partial charge in [0.2, 0.25) is 20.0 Å². The SMILES string of the molecule is Cc1ccc(S(=O)(=O)N(CC2(C)CCCC(N(P(O[C@@H]3C[C@H](C)CC[C@H]3C(C)C)O[C@@H]3C[C@H](C)CC[C@H]3C(C)C)S(=O)(=O)c3ccc(C)cc3)C2)P(O[C@@H]2C[C@H](C)CC[C@H]2C(C)C)O[C@@H]2C[C@H](C)CC[C@H]2C(C)C)cc1. The van der Waals surface area contributed by atoms with Crippen molar-refractivity contribution < 1.29 is 34.9 Å². The van der Waals surface area contributed by atoms with Crippen molar-refractivity contribution in [3.63, 3.8) is 0 Å². The molecule has 14 heteroatoms. The lowest BCUT2D eigenvalue weighted by Gasteiger charge is -2.48. The fourth-order valence-corrected chi connectivity index (χ4v) is 22.4. The molecule has 0 spiro atoms. The maximum atomic E-state index is 16.0. The lowest BCUT2D eigenvalue weighted by molar-refractivity contribution is -0.00285. The number of aryl methyl sites for hydroxylation is 2. The number of rotatable bonds is 21. The van der Waals surface area contributed by atoms with Crippen molar-refractivity contribution in [1.82, 2.24) is 8.15 Å². The Morgan fingerprint density at radius 2 is 0.829 bits per heavy atom. The minimum atomic E-state index is -4.23. The van der Waals surface area contributed by atoms with Gasteiger partial charge in [0.05, 0.1) is 34.2 Å². The second-order valence-corrected chi connectivity index (χ2v) is 34.2. The van der Waals surface area contributed by atoms with Gasteiger partial charge in [-0.2, -0.15) is 0 Å². The molecule has 0 saturated heterocycles. The Morgan fingerprint density at radius 1 is 0.500 bits per heavy atom. The molecular weight excluding hydrogens is 1030 g/mol. The molecule has 7 rings (SSSR count). The van der Waals surface area contributed by atoms with Crippen LogP contribution in [0.3, 0.4) is 0 Å². The first-order valence-electron chi connectivity index (χ1n) is 30.2. The third kappa shape index (κ3) is 15.5. The smallest absolute Gasteiger partial charge is 0.274 e. The highest BCUT2D eigenvalue weighted by atomic mass is 32.2. The van der Waals surface area contributed by atoms with Gasteiger partial charge in [0, 0.05) is 12.6 Å². The normalized spacial score (nSPS) is 33.4. The van der Waals surface area contributed by atoms with Crippen LogP contribution < -0.4 is 0 Å². The molecule has 2 aromatic rings. The lowest BCUT2D eigenvalue weighted by Crippen LogP contribution is -2.48. The highest BCUT2D eigenvalue weighted by Crippen LogP contribution is 2.60. The van der Waals surface area contributed by atoms with E-state index in [1.165, 1.54) is 0 Å². The van der Waals surface area contributed by atoms with Crippen LogP contribution in [0.5, 0.6) is 0 Å². The topological polar surface area (TPSA) is 112 Å². The highest BCUT2D eigenvalue weighted by Gasteiger charge is 2.52. The fourth-order valence-electron chi connectivity index (χ4n) is 14.1. The van der Waals surface area contributed by atoms with Crippen molar-refractivity contribution in [3.05, 3.63) is 59.7 Å². The minimum absolute atomic E-state index is 0.123. The van der Waals surface area contributed by atoms with Gasteiger partial charge in [-0.25, -0.2) is 16.8 Å². The van der Waals surface area contributed by atoms with Crippen molar-refractivity contribution in [3.8, 4) is 0 Å². The largest absolute Gasteiger partial charge is 0.318 e. The van der Waals surface area contributed by atoms with Gasteiger partial charge < -0.3 is 18.1 Å². The van der Waals surface area contributed by atoms with E-state index in [1.54, 1.807) is 32.4 Å². The third-order valence-corrected chi connectivity index (χ3v) is 27.4. The summed E-state index contributed by atoms with van der Waals surface area (Å²) in [4.78, 5) is 0.456. The number of hydrogen-bond donors (Lipinski definition) is 0. The summed E-state index contributed by atoms with van der Waals surface area (Å²) >= 11 is 0. The molecule has 10 nitrogen and oxygen atoms in total. The molecule has 432 valence electrons. The van der Waals surface area contributed by atoms with Crippen molar-refractivity contribution in [2.45, 2.75) is 247 Å². The standard InChI is InChI=1S/C62H104N2O8P2S2/c1-41(2)54-30-22-47(11)35-58(54)69-73(70-59-36-48(12)23-31-55(59)42(3)4)63(75(65,66)52-26-18-45(9)19-27-52)40-62(15)34-16-17-51(39-62)64(76(67,68)53-28-20-46(10)21-29-53)74(71-60-37-49(13)24-32-56(60)43(5)6)72-61-38-50(14)25-33-57(61)44(7)8/h18-21,26-29,41-44,47-51,54-61H,16-17,22-25,30-40H2,1-15H3/t47-,48-,49-,50-,51?,54+,55+,56+,57+,58-,59-,60-,61-,62?/m1/s1. The van der Waals surface area contributed by atoms with Crippen LogP contribution in [0.15, 0.2) is 58.3 Å². The van der Waals surface area contributed by atoms with Gasteiger partial charge in [-0.15, -0.1) is 8.15 Å². The second-order valence-electron chi connectivity index (χ2n) is 27.3. The fraction of sp³-hybridized carbons (Fsp3) is 0.806. The van der Waals surface area contributed by atoms with Gasteiger partial charge in [0.25, 0.3) is 17.1 Å². The van der Waals surface area contributed by atoms with Crippen LogP contribution in [0.1, 0.15) is 204 Å². The maximum Gasteiger partial charge on any atom is 0.274 e. The summed E-state index contributed by atoms with van der Waals surface area (Å²) in [5.41, 5.74) is 1.28. The van der Waals surface area contributed by atoms with Crippen molar-refractivity contribution >= 4 is 37.1 Å². The zero-order valence-electron chi connectivity index (χ0n) is 49.8. The Labute approximate surface area is 467 Å². The summed E-state index contributed by atoms with van der Waals surface area (Å²) in [5.74, 6) is 4.24. The molecule has 2 aromatic carbocycles. The summed E-state index contributed by atoms with van der Waals surface area (Å²) in [5, 5.41) is 0. The van der Waals surface area contributed by atoms with E-state index in [0.29, 0.717) is 73.0 Å². The van der Waals surface area contributed by atoms with Crippen molar-refractivity contribution in [2.75, 3.05) is 6.54 Å². The quantitative estimate of drug-likeness (QED) is 0.114. The Morgan fingerprint density at radius 3 is 1.17 bits per heavy atom. The third-order valence-electron chi connectivity index (χ3n) is 19.1. The predicted molar refractivity (Wildman–Crippen MR) is 314 cm³/mol. The number of sulfonamides is 2. The van der Waals surface area contributed by atoms with Crippen LogP contribution in [-0.2, 0) is 38.1 Å². The van der Waals surface area contributed by atoms with Gasteiger partial charge in [-0.1, -0.05) is 158 Å². The van der Waals surface area contributed by atoms with Gasteiger partial charge in [0.15, 0.2) is 0 Å². The first-order chi connectivity index (χ1) is 35.8. The summed E-state index contributed by atoms with van der Waals surface area (Å²) in [6.45, 7) is 33.7. The van der Waals surface area contributed by atoms with Gasteiger partial charge in [0.1, 0.15) is 0 Å². The zero-order valence-corrected chi connectivity index (χ0v) is 53.2. The van der Waals surface area contributed by atoms with Gasteiger partial charge in [-0.05, 0) is 185 Å². The average molecular weight is 1130 g/mol. The van der Waals surface area contributed by atoms with E-state index in [2.05, 4.69) is 90.0 Å². The lowest BCUT2D eigenvalue weighted by atomic mass is 9.74. The summed E-state index contributed by atoms with van der Waals surface area (Å²) in [6, 6.07) is 14.0. The number of nitrogens with zero attached hydrogens (tertiary/aromatic N) is 2. The molecule has 0 heterocycles. The summed E-state index contributed by atoms with van der Waals surface area (Å²) in [7, 11) is -12.8. The molecule has 0 aliphatic heterocycles. The van der Waals surface area contributed by atoms with Gasteiger partial charge >= 0.3 is 0 Å². The van der Waals surface area contributed by atoms with E-state index in [4.69, 9.17) is 18.1 Å². The molecule has 76 heavy (non-hydrogen) atoms. The molecule has 2 unspecified atom stereocenters. The molecule has 0 radical (unpaired) electrons. The molecule has 14 atom stereocenters. The Balaban J connectivity index is 1.36. The van der Waals surface area contributed by atoms with Crippen LogP contribution in [0.25, 0.3) is 0 Å². The van der Waals surface area contributed by atoms with Crippen LogP contribution in [0, 0.1) is 90.3 Å². The van der Waals surface area contributed by atoms with Crippen LogP contribution in [0.2, 0.25) is 0 Å². The Hall–Kier alpha value is -1.04. The molecule has 5 fully saturated rings. The van der Waals surface area contributed by atoms with Crippen LogP contribution in [-0.4, -0.2) is 62.0 Å². The first-order valence-corrected chi connectivity index (χ1v) is 35.4. The first kappa shape index (κ1) is 62.6.